The number of aromatic nitrogens is 1. The SMILES string of the molecule is COc1ccc(Cn2c(=O)c3c(O)c(Sc4cccc(Cl)c4)c(=O)oc3c3ccccc32)cc1. The van der Waals surface area contributed by atoms with E-state index in [4.69, 9.17) is 20.8 Å². The van der Waals surface area contributed by atoms with Crippen molar-refractivity contribution in [2.24, 2.45) is 0 Å². The van der Waals surface area contributed by atoms with E-state index in [1.54, 1.807) is 60.2 Å². The van der Waals surface area contributed by atoms with Crippen LogP contribution >= 0.6 is 23.4 Å². The van der Waals surface area contributed by atoms with E-state index in [0.717, 1.165) is 17.3 Å². The molecule has 0 unspecified atom stereocenters. The minimum Gasteiger partial charge on any atom is -0.505 e. The van der Waals surface area contributed by atoms with E-state index in [2.05, 4.69) is 0 Å². The van der Waals surface area contributed by atoms with Gasteiger partial charge in [0, 0.05) is 15.3 Å². The average molecular weight is 492 g/mol. The van der Waals surface area contributed by atoms with Crippen molar-refractivity contribution in [3.05, 3.63) is 104 Å². The summed E-state index contributed by atoms with van der Waals surface area (Å²) in [4.78, 5) is 27.0. The zero-order valence-corrected chi connectivity index (χ0v) is 19.5. The predicted octanol–water partition coefficient (Wildman–Crippen LogP) is 5.68. The second-order valence-electron chi connectivity index (χ2n) is 7.59. The maximum atomic E-state index is 13.6. The van der Waals surface area contributed by atoms with Crippen molar-refractivity contribution < 1.29 is 14.3 Å². The van der Waals surface area contributed by atoms with E-state index in [1.165, 1.54) is 0 Å². The highest BCUT2D eigenvalue weighted by molar-refractivity contribution is 7.99. The monoisotopic (exact) mass is 491 g/mol. The van der Waals surface area contributed by atoms with Crippen molar-refractivity contribution in [3.63, 3.8) is 0 Å². The molecule has 0 aliphatic carbocycles. The van der Waals surface area contributed by atoms with Gasteiger partial charge in [-0.05, 0) is 48.0 Å². The van der Waals surface area contributed by atoms with Crippen LogP contribution in [0.3, 0.4) is 0 Å². The number of para-hydroxylation sites is 1. The van der Waals surface area contributed by atoms with Crippen LogP contribution in [0.25, 0.3) is 21.9 Å². The quantitative estimate of drug-likeness (QED) is 0.319. The van der Waals surface area contributed by atoms with Gasteiger partial charge in [-0.15, -0.1) is 0 Å². The normalized spacial score (nSPS) is 11.2. The summed E-state index contributed by atoms with van der Waals surface area (Å²) in [5, 5.41) is 12.1. The van der Waals surface area contributed by atoms with Gasteiger partial charge in [-0.2, -0.15) is 0 Å². The Labute approximate surface area is 203 Å². The summed E-state index contributed by atoms with van der Waals surface area (Å²) < 4.78 is 12.4. The fourth-order valence-electron chi connectivity index (χ4n) is 3.85. The molecule has 0 aliphatic rings. The van der Waals surface area contributed by atoms with Gasteiger partial charge in [0.1, 0.15) is 16.0 Å². The molecule has 6 nitrogen and oxygen atoms in total. The molecular weight excluding hydrogens is 474 g/mol. The maximum absolute atomic E-state index is 13.6. The van der Waals surface area contributed by atoms with E-state index in [0.29, 0.717) is 26.6 Å². The van der Waals surface area contributed by atoms with Crippen LogP contribution in [-0.2, 0) is 6.54 Å². The molecule has 0 saturated carbocycles. The molecule has 0 spiro atoms. The maximum Gasteiger partial charge on any atom is 0.354 e. The number of aromatic hydroxyl groups is 1. The average Bonchev–Trinajstić information content (AvgIpc) is 2.84. The Morgan fingerprint density at radius 2 is 1.79 bits per heavy atom. The highest BCUT2D eigenvalue weighted by atomic mass is 35.5. The fourth-order valence-corrected chi connectivity index (χ4v) is 5.00. The van der Waals surface area contributed by atoms with Gasteiger partial charge in [-0.1, -0.05) is 53.7 Å². The van der Waals surface area contributed by atoms with Gasteiger partial charge in [-0.3, -0.25) is 4.79 Å². The molecule has 0 saturated heterocycles. The summed E-state index contributed by atoms with van der Waals surface area (Å²) in [6.45, 7) is 0.259. The molecule has 0 atom stereocenters. The van der Waals surface area contributed by atoms with Crippen LogP contribution in [0.15, 0.2) is 96.6 Å². The highest BCUT2D eigenvalue weighted by Crippen LogP contribution is 2.37. The highest BCUT2D eigenvalue weighted by Gasteiger charge is 2.22. The minimum absolute atomic E-state index is 0.0451. The molecule has 0 radical (unpaired) electrons. The van der Waals surface area contributed by atoms with Gasteiger partial charge in [0.2, 0.25) is 0 Å². The third kappa shape index (κ3) is 3.93. The Kier molecular flexibility index (Phi) is 5.81. The largest absolute Gasteiger partial charge is 0.505 e. The van der Waals surface area contributed by atoms with Crippen molar-refractivity contribution in [1.29, 1.82) is 0 Å². The first-order valence-corrected chi connectivity index (χ1v) is 11.5. The molecule has 0 amide bonds. The second-order valence-corrected chi connectivity index (χ2v) is 9.11. The number of rotatable bonds is 5. The van der Waals surface area contributed by atoms with Gasteiger partial charge in [0.15, 0.2) is 11.3 Å². The van der Waals surface area contributed by atoms with Gasteiger partial charge in [0.25, 0.3) is 5.56 Å². The number of halogens is 1. The van der Waals surface area contributed by atoms with Crippen molar-refractivity contribution in [2.75, 3.05) is 7.11 Å². The number of hydrogen-bond donors (Lipinski definition) is 1. The molecule has 2 heterocycles. The third-order valence-corrected chi connectivity index (χ3v) is 6.76. The summed E-state index contributed by atoms with van der Waals surface area (Å²) in [5.74, 6) is 0.303. The molecule has 0 aliphatic heterocycles. The first-order chi connectivity index (χ1) is 16.5. The Morgan fingerprint density at radius 3 is 2.53 bits per heavy atom. The molecule has 1 N–H and O–H groups in total. The van der Waals surface area contributed by atoms with E-state index in [9.17, 15) is 14.7 Å². The number of methoxy groups -OCH3 is 1. The summed E-state index contributed by atoms with van der Waals surface area (Å²) in [7, 11) is 1.59. The molecule has 3 aromatic carbocycles. The summed E-state index contributed by atoms with van der Waals surface area (Å²) in [6.07, 6.45) is 0. The van der Waals surface area contributed by atoms with Crippen molar-refractivity contribution in [2.45, 2.75) is 16.3 Å². The fraction of sp³-hybridized carbons (Fsp3) is 0.0769. The standard InChI is InChI=1S/C26H18ClNO5S/c1-32-17-11-9-15(10-12-17)14-28-20-8-3-2-7-19(20)23-21(25(28)30)22(29)24(26(31)33-23)34-18-6-4-5-16(27)13-18/h2-13,29H,14H2,1H3. The molecule has 5 rings (SSSR count). The number of pyridine rings is 1. The number of nitrogens with zero attached hydrogens (tertiary/aromatic N) is 1. The number of benzene rings is 3. The van der Waals surface area contributed by atoms with Crippen LogP contribution in [0.4, 0.5) is 0 Å². The van der Waals surface area contributed by atoms with Crippen LogP contribution in [0.1, 0.15) is 5.56 Å². The molecule has 2 aromatic heterocycles. The van der Waals surface area contributed by atoms with Crippen LogP contribution in [0, 0.1) is 0 Å². The first kappa shape index (κ1) is 22.1. The number of fused-ring (bicyclic) bond motifs is 3. The van der Waals surface area contributed by atoms with Gasteiger partial charge >= 0.3 is 5.63 Å². The van der Waals surface area contributed by atoms with Crippen molar-refractivity contribution >= 4 is 45.2 Å². The van der Waals surface area contributed by atoms with Gasteiger partial charge < -0.3 is 18.8 Å². The van der Waals surface area contributed by atoms with Crippen LogP contribution in [-0.4, -0.2) is 16.8 Å². The summed E-state index contributed by atoms with van der Waals surface area (Å²) in [6, 6.07) is 21.4. The second kappa shape index (κ2) is 8.93. The van der Waals surface area contributed by atoms with Gasteiger partial charge in [0.05, 0.1) is 19.2 Å². The Morgan fingerprint density at radius 1 is 1.03 bits per heavy atom. The minimum atomic E-state index is -0.729. The number of hydrogen-bond acceptors (Lipinski definition) is 6. The lowest BCUT2D eigenvalue weighted by Gasteiger charge is -2.14. The lowest BCUT2D eigenvalue weighted by Crippen LogP contribution is -2.22. The molecule has 170 valence electrons. The molecular formula is C26H18ClNO5S. The van der Waals surface area contributed by atoms with E-state index in [-0.39, 0.29) is 22.4 Å². The van der Waals surface area contributed by atoms with E-state index < -0.39 is 16.9 Å². The zero-order chi connectivity index (χ0) is 23.8. The summed E-state index contributed by atoms with van der Waals surface area (Å²) in [5.41, 5.74) is 0.335. The Hall–Kier alpha value is -3.68. The van der Waals surface area contributed by atoms with Crippen LogP contribution in [0.2, 0.25) is 5.02 Å². The molecule has 8 heteroatoms. The predicted molar refractivity (Wildman–Crippen MR) is 134 cm³/mol. The van der Waals surface area contributed by atoms with Crippen LogP contribution in [0.5, 0.6) is 11.5 Å². The van der Waals surface area contributed by atoms with Crippen molar-refractivity contribution in [1.82, 2.24) is 4.57 Å². The van der Waals surface area contributed by atoms with Crippen molar-refractivity contribution in [3.8, 4) is 11.5 Å². The molecule has 0 fully saturated rings. The molecule has 0 bridgehead atoms. The lowest BCUT2D eigenvalue weighted by atomic mass is 10.1. The van der Waals surface area contributed by atoms with Gasteiger partial charge in [-0.25, -0.2) is 4.79 Å². The Balaban J connectivity index is 1.74. The third-order valence-electron chi connectivity index (χ3n) is 5.47. The summed E-state index contributed by atoms with van der Waals surface area (Å²) >= 11 is 7.05. The van der Waals surface area contributed by atoms with Crippen LogP contribution < -0.4 is 15.9 Å². The zero-order valence-electron chi connectivity index (χ0n) is 17.9. The Bertz CT molecular complexity index is 1660. The molecule has 34 heavy (non-hydrogen) atoms. The first-order valence-electron chi connectivity index (χ1n) is 10.3. The lowest BCUT2D eigenvalue weighted by molar-refractivity contribution is 0.414. The molecule has 5 aromatic rings. The smallest absolute Gasteiger partial charge is 0.354 e. The van der Waals surface area contributed by atoms with E-state index in [1.807, 2.05) is 24.3 Å². The number of ether oxygens (including phenoxy) is 1. The van der Waals surface area contributed by atoms with E-state index >= 15 is 0 Å². The topological polar surface area (TPSA) is 81.7 Å².